The number of nitrogens with zero attached hydrogens (tertiary/aromatic N) is 1. The minimum absolute atomic E-state index is 0.0971. The number of nitro groups is 1. The van der Waals surface area contributed by atoms with Gasteiger partial charge in [-0.05, 0) is 35.8 Å². The Morgan fingerprint density at radius 1 is 1.60 bits per heavy atom. The van der Waals surface area contributed by atoms with Crippen LogP contribution < -0.4 is 16.2 Å². The summed E-state index contributed by atoms with van der Waals surface area (Å²) in [6.45, 7) is 3.22. The largest absolute Gasteiger partial charge is 0.489 e. The fourth-order valence-corrected chi connectivity index (χ4v) is 2.19. The van der Waals surface area contributed by atoms with E-state index in [1.54, 1.807) is 13.0 Å². The molecule has 0 aliphatic heterocycles. The number of nitrogens with two attached hydrogens (primary N) is 2. The number of nitro benzene ring substituents is 1. The fraction of sp³-hybridized carbons (Fsp3) is 0.417. The third-order valence-corrected chi connectivity index (χ3v) is 3.54. The van der Waals surface area contributed by atoms with Crippen molar-refractivity contribution in [1.82, 2.24) is 0 Å². The second-order valence-electron chi connectivity index (χ2n) is 4.76. The Morgan fingerprint density at radius 2 is 2.20 bits per heavy atom. The zero-order valence-electron chi connectivity index (χ0n) is 11.1. The standard InChI is InChI=1S/C12H16BrN3O4/c1-7(6-12(2,15)11(14)17)20-9-5-3-4-8(10(9)13)16(18)19/h3-5,7H,6,15H2,1-2H3,(H2,14,17). The summed E-state index contributed by atoms with van der Waals surface area (Å²) in [5.74, 6) is -0.321. The van der Waals surface area contributed by atoms with Gasteiger partial charge >= 0.3 is 0 Å². The van der Waals surface area contributed by atoms with E-state index in [1.165, 1.54) is 19.1 Å². The number of carbonyl (C=O) groups is 1. The molecule has 1 amide bonds. The second kappa shape index (κ2) is 6.19. The van der Waals surface area contributed by atoms with Crippen LogP contribution in [-0.2, 0) is 4.79 Å². The Morgan fingerprint density at radius 3 is 2.70 bits per heavy atom. The predicted molar refractivity (Wildman–Crippen MR) is 77.3 cm³/mol. The number of ether oxygens (including phenoxy) is 1. The van der Waals surface area contributed by atoms with Crippen LogP contribution in [0.4, 0.5) is 5.69 Å². The third-order valence-electron chi connectivity index (χ3n) is 2.74. The van der Waals surface area contributed by atoms with Crippen LogP contribution in [0, 0.1) is 10.1 Å². The topological polar surface area (TPSA) is 121 Å². The molecule has 8 heteroatoms. The van der Waals surface area contributed by atoms with Crippen molar-refractivity contribution < 1.29 is 14.5 Å². The summed E-state index contributed by atoms with van der Waals surface area (Å²) in [5, 5.41) is 10.8. The molecule has 0 radical (unpaired) electrons. The monoisotopic (exact) mass is 345 g/mol. The van der Waals surface area contributed by atoms with Crippen LogP contribution >= 0.6 is 15.9 Å². The summed E-state index contributed by atoms with van der Waals surface area (Å²) in [7, 11) is 0. The van der Waals surface area contributed by atoms with Crippen LogP contribution in [0.2, 0.25) is 0 Å². The van der Waals surface area contributed by atoms with Gasteiger partial charge in [0.2, 0.25) is 5.91 Å². The number of hydrogen-bond donors (Lipinski definition) is 2. The van der Waals surface area contributed by atoms with Gasteiger partial charge in [0.05, 0.1) is 16.6 Å². The normalized spacial score (nSPS) is 15.2. The van der Waals surface area contributed by atoms with Crippen molar-refractivity contribution in [3.05, 3.63) is 32.8 Å². The van der Waals surface area contributed by atoms with Gasteiger partial charge in [0.1, 0.15) is 10.2 Å². The molecule has 2 atom stereocenters. The molecule has 4 N–H and O–H groups in total. The maximum Gasteiger partial charge on any atom is 0.287 e. The first-order chi connectivity index (χ1) is 9.15. The number of hydrogen-bond acceptors (Lipinski definition) is 5. The molecule has 1 aromatic rings. The zero-order chi connectivity index (χ0) is 15.5. The van der Waals surface area contributed by atoms with E-state index in [0.717, 1.165) is 0 Å². The summed E-state index contributed by atoms with van der Waals surface area (Å²) < 4.78 is 5.83. The highest BCUT2D eigenvalue weighted by Crippen LogP contribution is 2.34. The van der Waals surface area contributed by atoms with Crippen molar-refractivity contribution in [3.63, 3.8) is 0 Å². The second-order valence-corrected chi connectivity index (χ2v) is 5.55. The van der Waals surface area contributed by atoms with E-state index in [9.17, 15) is 14.9 Å². The minimum Gasteiger partial charge on any atom is -0.489 e. The van der Waals surface area contributed by atoms with Crippen molar-refractivity contribution in [2.75, 3.05) is 0 Å². The number of primary amides is 1. The van der Waals surface area contributed by atoms with Crippen molar-refractivity contribution in [2.24, 2.45) is 11.5 Å². The van der Waals surface area contributed by atoms with Crippen LogP contribution in [0.1, 0.15) is 20.3 Å². The van der Waals surface area contributed by atoms with E-state index in [4.69, 9.17) is 16.2 Å². The average molecular weight is 346 g/mol. The molecule has 1 aromatic carbocycles. The molecule has 0 spiro atoms. The molecule has 7 nitrogen and oxygen atoms in total. The van der Waals surface area contributed by atoms with Crippen molar-refractivity contribution in [2.45, 2.75) is 31.9 Å². The van der Waals surface area contributed by atoms with Gasteiger partial charge in [-0.3, -0.25) is 14.9 Å². The highest BCUT2D eigenvalue weighted by molar-refractivity contribution is 9.10. The van der Waals surface area contributed by atoms with Crippen LogP contribution in [0.5, 0.6) is 5.75 Å². The molecule has 0 aromatic heterocycles. The minimum atomic E-state index is -1.20. The molecule has 110 valence electrons. The van der Waals surface area contributed by atoms with E-state index in [1.807, 2.05) is 0 Å². The van der Waals surface area contributed by atoms with E-state index in [2.05, 4.69) is 15.9 Å². The average Bonchev–Trinajstić information content (AvgIpc) is 2.30. The van der Waals surface area contributed by atoms with Gasteiger partial charge in [-0.1, -0.05) is 6.07 Å². The number of halogens is 1. The number of carbonyl (C=O) groups excluding carboxylic acids is 1. The Hall–Kier alpha value is -1.67. The summed E-state index contributed by atoms with van der Waals surface area (Å²) in [6, 6.07) is 4.46. The quantitative estimate of drug-likeness (QED) is 0.600. The number of benzene rings is 1. The first-order valence-corrected chi connectivity index (χ1v) is 6.63. The molecule has 0 bridgehead atoms. The molecule has 0 heterocycles. The number of amides is 1. The van der Waals surface area contributed by atoms with E-state index in [0.29, 0.717) is 5.75 Å². The Balaban J connectivity index is 2.87. The van der Waals surface area contributed by atoms with E-state index >= 15 is 0 Å². The molecule has 0 aliphatic carbocycles. The van der Waals surface area contributed by atoms with Gasteiger partial charge < -0.3 is 16.2 Å². The van der Waals surface area contributed by atoms with E-state index in [-0.39, 0.29) is 16.6 Å². The van der Waals surface area contributed by atoms with Gasteiger partial charge in [-0.15, -0.1) is 0 Å². The van der Waals surface area contributed by atoms with Crippen molar-refractivity contribution >= 4 is 27.5 Å². The van der Waals surface area contributed by atoms with Gasteiger partial charge in [-0.25, -0.2) is 0 Å². The van der Waals surface area contributed by atoms with Crippen LogP contribution in [0.15, 0.2) is 22.7 Å². The molecule has 0 aliphatic rings. The summed E-state index contributed by atoms with van der Waals surface area (Å²) in [6.07, 6.45) is -0.243. The van der Waals surface area contributed by atoms with Crippen LogP contribution in [0.25, 0.3) is 0 Å². The van der Waals surface area contributed by atoms with Gasteiger partial charge in [0.25, 0.3) is 5.69 Å². The molecular weight excluding hydrogens is 330 g/mol. The SMILES string of the molecule is CC(CC(C)(N)C(N)=O)Oc1cccc([N+](=O)[O-])c1Br. The molecular formula is C12H16BrN3O4. The van der Waals surface area contributed by atoms with Crippen LogP contribution in [0.3, 0.4) is 0 Å². The maximum absolute atomic E-state index is 11.2. The van der Waals surface area contributed by atoms with Crippen molar-refractivity contribution in [1.29, 1.82) is 0 Å². The smallest absolute Gasteiger partial charge is 0.287 e. The Bertz CT molecular complexity index is 533. The molecule has 0 fully saturated rings. The highest BCUT2D eigenvalue weighted by atomic mass is 79.9. The van der Waals surface area contributed by atoms with Crippen LogP contribution in [-0.4, -0.2) is 22.5 Å². The van der Waals surface area contributed by atoms with E-state index < -0.39 is 22.5 Å². The lowest BCUT2D eigenvalue weighted by Gasteiger charge is -2.25. The highest BCUT2D eigenvalue weighted by Gasteiger charge is 2.29. The summed E-state index contributed by atoms with van der Waals surface area (Å²) in [5.41, 5.74) is 9.64. The van der Waals surface area contributed by atoms with Gasteiger partial charge in [-0.2, -0.15) is 0 Å². The van der Waals surface area contributed by atoms with Crippen molar-refractivity contribution in [3.8, 4) is 5.75 Å². The van der Waals surface area contributed by atoms with Gasteiger partial charge in [0, 0.05) is 12.5 Å². The molecule has 2 unspecified atom stereocenters. The maximum atomic E-state index is 11.2. The Kier molecular flexibility index (Phi) is 5.07. The Labute approximate surface area is 124 Å². The molecule has 20 heavy (non-hydrogen) atoms. The summed E-state index contributed by atoms with van der Waals surface area (Å²) >= 11 is 3.13. The lowest BCUT2D eigenvalue weighted by Crippen LogP contribution is -2.51. The fourth-order valence-electron chi connectivity index (χ4n) is 1.69. The lowest BCUT2D eigenvalue weighted by molar-refractivity contribution is -0.385. The first kappa shape index (κ1) is 16.4. The number of rotatable bonds is 6. The summed E-state index contributed by atoms with van der Waals surface area (Å²) in [4.78, 5) is 21.5. The predicted octanol–water partition coefficient (Wildman–Crippen LogP) is 1.72. The lowest BCUT2D eigenvalue weighted by atomic mass is 9.95. The molecule has 0 saturated heterocycles. The third kappa shape index (κ3) is 3.91. The molecule has 0 saturated carbocycles. The zero-order valence-corrected chi connectivity index (χ0v) is 12.7. The first-order valence-electron chi connectivity index (χ1n) is 5.83. The molecule has 1 rings (SSSR count). The van der Waals surface area contributed by atoms with Gasteiger partial charge in [0.15, 0.2) is 0 Å².